The van der Waals surface area contributed by atoms with E-state index in [0.29, 0.717) is 17.3 Å². The molecule has 160 valence electrons. The minimum absolute atomic E-state index is 0.214. The van der Waals surface area contributed by atoms with Gasteiger partial charge in [0.1, 0.15) is 11.1 Å². The molecule has 0 bridgehead atoms. The van der Waals surface area contributed by atoms with Crippen LogP contribution in [0.1, 0.15) is 64.9 Å². The van der Waals surface area contributed by atoms with Crippen LogP contribution in [0.3, 0.4) is 0 Å². The second-order valence-electron chi connectivity index (χ2n) is 8.53. The lowest BCUT2D eigenvalue weighted by atomic mass is 10.1. The fraction of sp³-hybridized carbons (Fsp3) is 0.550. The highest BCUT2D eigenvalue weighted by Crippen LogP contribution is 2.23. The first-order chi connectivity index (χ1) is 13.3. The normalized spacial score (nSPS) is 13.4. The van der Waals surface area contributed by atoms with Crippen molar-refractivity contribution in [1.29, 1.82) is 0 Å². The molecule has 0 saturated carbocycles. The molecular weight excluding hydrogens is 382 g/mol. The Morgan fingerprint density at radius 1 is 1.24 bits per heavy atom. The maximum absolute atomic E-state index is 13.5. The zero-order valence-corrected chi connectivity index (χ0v) is 17.8. The van der Waals surface area contributed by atoms with Crippen LogP contribution in [0, 0.1) is 11.6 Å². The number of nitrogens with zero attached hydrogens (tertiary/aromatic N) is 3. The average molecular weight is 410 g/mol. The molecule has 0 saturated heterocycles. The maximum Gasteiger partial charge on any atom is 0.408 e. The van der Waals surface area contributed by atoms with Gasteiger partial charge in [-0.2, -0.15) is 4.98 Å². The zero-order chi connectivity index (χ0) is 22.0. The van der Waals surface area contributed by atoms with E-state index in [4.69, 9.17) is 9.26 Å². The van der Waals surface area contributed by atoms with Crippen LogP contribution in [-0.4, -0.2) is 33.8 Å². The van der Waals surface area contributed by atoms with E-state index in [1.54, 1.807) is 41.7 Å². The van der Waals surface area contributed by atoms with Crippen LogP contribution in [0.5, 0.6) is 0 Å². The first kappa shape index (κ1) is 22.7. The Bertz CT molecular complexity index is 862. The number of alkyl carbamates (subject to hydrolysis) is 1. The Morgan fingerprint density at radius 3 is 2.48 bits per heavy atom. The summed E-state index contributed by atoms with van der Waals surface area (Å²) in [6, 6.07) is 3.59. The molecule has 2 rings (SSSR count). The Morgan fingerprint density at radius 2 is 1.90 bits per heavy atom. The third kappa shape index (κ3) is 6.22. The molecule has 1 unspecified atom stereocenters. The highest BCUT2D eigenvalue weighted by atomic mass is 19.2. The lowest BCUT2D eigenvalue weighted by molar-refractivity contribution is 0.0465. The number of nitrogens with one attached hydrogen (secondary N) is 1. The molecule has 1 amide bonds. The number of ether oxygens (including phenoxy) is 1. The first-order valence-corrected chi connectivity index (χ1v) is 9.28. The van der Waals surface area contributed by atoms with Crippen LogP contribution >= 0.6 is 0 Å². The summed E-state index contributed by atoms with van der Waals surface area (Å²) in [5.41, 5.74) is -0.909. The van der Waals surface area contributed by atoms with E-state index in [0.717, 1.165) is 6.07 Å². The summed E-state index contributed by atoms with van der Waals surface area (Å²) in [6.07, 6.45) is -0.585. The van der Waals surface area contributed by atoms with Crippen LogP contribution in [0.15, 0.2) is 22.7 Å². The van der Waals surface area contributed by atoms with Gasteiger partial charge in [0, 0.05) is 6.04 Å². The number of amides is 1. The number of carbonyl (C=O) groups is 1. The summed E-state index contributed by atoms with van der Waals surface area (Å²) in [7, 11) is 1.81. The van der Waals surface area contributed by atoms with Crippen LogP contribution in [-0.2, 0) is 16.8 Å². The number of aromatic nitrogens is 2. The molecule has 0 aliphatic heterocycles. The predicted octanol–water partition coefficient (Wildman–Crippen LogP) is 4.30. The lowest BCUT2D eigenvalue weighted by Crippen LogP contribution is -2.44. The molecule has 7 nitrogen and oxygen atoms in total. The highest BCUT2D eigenvalue weighted by Gasteiger charge is 2.31. The molecule has 0 fully saturated rings. The number of hydrogen-bond acceptors (Lipinski definition) is 6. The molecular formula is C20H28F2N4O3. The summed E-state index contributed by atoms with van der Waals surface area (Å²) >= 11 is 0. The van der Waals surface area contributed by atoms with Crippen LogP contribution < -0.4 is 5.32 Å². The van der Waals surface area contributed by atoms with Crippen LogP contribution in [0.4, 0.5) is 13.6 Å². The smallest absolute Gasteiger partial charge is 0.408 e. The molecule has 0 spiro atoms. The number of hydrogen-bond donors (Lipinski definition) is 1. The number of rotatable bonds is 6. The average Bonchev–Trinajstić information content (AvgIpc) is 3.03. The van der Waals surface area contributed by atoms with E-state index in [-0.39, 0.29) is 12.6 Å². The Hall–Kier alpha value is -2.55. The third-order valence-electron chi connectivity index (χ3n) is 4.31. The second-order valence-corrected chi connectivity index (χ2v) is 8.53. The molecule has 0 radical (unpaired) electrons. The van der Waals surface area contributed by atoms with E-state index in [1.807, 2.05) is 11.8 Å². The minimum atomic E-state index is -0.908. The minimum Gasteiger partial charge on any atom is -0.444 e. The molecule has 0 aliphatic carbocycles. The maximum atomic E-state index is 13.5. The largest absolute Gasteiger partial charge is 0.444 e. The lowest BCUT2D eigenvalue weighted by Gasteiger charge is -2.26. The summed E-state index contributed by atoms with van der Waals surface area (Å²) in [5, 5.41) is 6.67. The van der Waals surface area contributed by atoms with Crippen molar-refractivity contribution in [1.82, 2.24) is 20.4 Å². The summed E-state index contributed by atoms with van der Waals surface area (Å²) in [5.74, 6) is -1.15. The van der Waals surface area contributed by atoms with Crippen molar-refractivity contribution < 1.29 is 22.8 Å². The fourth-order valence-electron chi connectivity index (χ4n) is 2.56. The molecule has 0 aliphatic rings. The molecule has 1 aromatic carbocycles. The standard InChI is InChI=1S/C20H28F2N4O3/c1-12(13-8-9-14(21)15(22)10-13)26(7)11-16-23-17(25-29-16)20(5,6)24-18(27)28-19(2,3)4/h8-10,12H,11H2,1-7H3,(H,24,27). The van der Waals surface area contributed by atoms with Gasteiger partial charge in [0.2, 0.25) is 5.89 Å². The monoisotopic (exact) mass is 410 g/mol. The molecule has 1 heterocycles. The third-order valence-corrected chi connectivity index (χ3v) is 4.31. The van der Waals surface area contributed by atoms with Gasteiger partial charge in [0.05, 0.1) is 6.54 Å². The van der Waals surface area contributed by atoms with Crippen molar-refractivity contribution in [2.45, 2.75) is 65.3 Å². The van der Waals surface area contributed by atoms with Crippen molar-refractivity contribution >= 4 is 6.09 Å². The highest BCUT2D eigenvalue weighted by molar-refractivity contribution is 5.68. The van der Waals surface area contributed by atoms with Gasteiger partial charge in [0.25, 0.3) is 0 Å². The van der Waals surface area contributed by atoms with Crippen LogP contribution in [0.25, 0.3) is 0 Å². The molecule has 29 heavy (non-hydrogen) atoms. The van der Waals surface area contributed by atoms with Gasteiger partial charge < -0.3 is 14.6 Å². The van der Waals surface area contributed by atoms with E-state index in [1.165, 1.54) is 12.1 Å². The topological polar surface area (TPSA) is 80.5 Å². The van der Waals surface area contributed by atoms with Crippen molar-refractivity contribution in [2.24, 2.45) is 0 Å². The van der Waals surface area contributed by atoms with Crippen molar-refractivity contribution in [3.8, 4) is 0 Å². The molecule has 2 aromatic rings. The molecule has 1 N–H and O–H groups in total. The van der Waals surface area contributed by atoms with E-state index in [2.05, 4.69) is 15.5 Å². The van der Waals surface area contributed by atoms with Gasteiger partial charge in [0.15, 0.2) is 17.5 Å². The predicted molar refractivity (Wildman–Crippen MR) is 103 cm³/mol. The zero-order valence-electron chi connectivity index (χ0n) is 17.8. The molecule has 1 atom stereocenters. The van der Waals surface area contributed by atoms with Gasteiger partial charge in [-0.3, -0.25) is 4.90 Å². The van der Waals surface area contributed by atoms with E-state index in [9.17, 15) is 13.6 Å². The van der Waals surface area contributed by atoms with Crippen LogP contribution in [0.2, 0.25) is 0 Å². The number of benzene rings is 1. The molecule has 1 aromatic heterocycles. The Labute approximate surface area is 169 Å². The van der Waals surface area contributed by atoms with Gasteiger partial charge >= 0.3 is 6.09 Å². The van der Waals surface area contributed by atoms with Gasteiger partial charge in [-0.1, -0.05) is 11.2 Å². The van der Waals surface area contributed by atoms with Crippen molar-refractivity contribution in [2.75, 3.05) is 7.05 Å². The van der Waals surface area contributed by atoms with Gasteiger partial charge in [-0.25, -0.2) is 13.6 Å². The SMILES string of the molecule is CC(c1ccc(F)c(F)c1)N(C)Cc1nc(C(C)(C)NC(=O)OC(C)(C)C)no1. The quantitative estimate of drug-likeness (QED) is 0.765. The van der Waals surface area contributed by atoms with Crippen molar-refractivity contribution in [3.05, 3.63) is 47.1 Å². The summed E-state index contributed by atoms with van der Waals surface area (Å²) < 4.78 is 37.2. The fourth-order valence-corrected chi connectivity index (χ4v) is 2.56. The number of carbonyl (C=O) groups excluding carboxylic acids is 1. The van der Waals surface area contributed by atoms with Crippen molar-refractivity contribution in [3.63, 3.8) is 0 Å². The number of halogens is 2. The van der Waals surface area contributed by atoms with E-state index < -0.39 is 28.9 Å². The second kappa shape index (κ2) is 8.44. The molecule has 9 heteroatoms. The Balaban J connectivity index is 2.04. The van der Waals surface area contributed by atoms with E-state index >= 15 is 0 Å². The first-order valence-electron chi connectivity index (χ1n) is 9.28. The summed E-state index contributed by atoms with van der Waals surface area (Å²) in [6.45, 7) is 10.9. The van der Waals surface area contributed by atoms with Gasteiger partial charge in [-0.15, -0.1) is 0 Å². The Kier molecular flexibility index (Phi) is 6.62. The van der Waals surface area contributed by atoms with Gasteiger partial charge in [-0.05, 0) is 66.3 Å². The summed E-state index contributed by atoms with van der Waals surface area (Å²) in [4.78, 5) is 18.3.